The third-order valence-corrected chi connectivity index (χ3v) is 3.56. The van der Waals surface area contributed by atoms with Crippen molar-refractivity contribution in [3.8, 4) is 0 Å². The summed E-state index contributed by atoms with van der Waals surface area (Å²) in [5.41, 5.74) is 3.21. The number of rotatable bonds is 6. The summed E-state index contributed by atoms with van der Waals surface area (Å²) in [7, 11) is 0. The molecule has 1 amide bonds. The zero-order chi connectivity index (χ0) is 15.1. The Morgan fingerprint density at radius 3 is 2.48 bits per heavy atom. The predicted molar refractivity (Wildman–Crippen MR) is 83.9 cm³/mol. The molecule has 3 heteroatoms. The molecule has 3 nitrogen and oxygen atoms in total. The molecule has 0 radical (unpaired) electrons. The Balaban J connectivity index is 1.76. The third-order valence-electron chi connectivity index (χ3n) is 3.56. The molecule has 0 heterocycles. The maximum absolute atomic E-state index is 11.8. The number of aryl methyl sites for hydroxylation is 2. The second-order valence-corrected chi connectivity index (χ2v) is 5.16. The molecule has 0 spiro atoms. The van der Waals surface area contributed by atoms with E-state index in [4.69, 9.17) is 0 Å². The maximum Gasteiger partial charge on any atom is 0.220 e. The molecule has 0 saturated carbocycles. The number of aliphatic hydroxyl groups excluding tert-OH is 1. The molecule has 0 saturated heterocycles. The first-order valence-corrected chi connectivity index (χ1v) is 7.21. The largest absolute Gasteiger partial charge is 0.387 e. The lowest BCUT2D eigenvalue weighted by atomic mass is 10.0. The van der Waals surface area contributed by atoms with Gasteiger partial charge in [0.25, 0.3) is 0 Å². The number of hydrogen-bond acceptors (Lipinski definition) is 2. The van der Waals surface area contributed by atoms with Crippen molar-refractivity contribution in [2.75, 3.05) is 6.54 Å². The summed E-state index contributed by atoms with van der Waals surface area (Å²) >= 11 is 0. The van der Waals surface area contributed by atoms with Gasteiger partial charge < -0.3 is 10.4 Å². The van der Waals surface area contributed by atoms with E-state index in [0.29, 0.717) is 6.42 Å². The minimum atomic E-state index is -0.659. The molecule has 2 aromatic rings. The Bertz CT molecular complexity index is 581. The first-order chi connectivity index (χ1) is 10.2. The highest BCUT2D eigenvalue weighted by Gasteiger charge is 2.09. The summed E-state index contributed by atoms with van der Waals surface area (Å²) in [4.78, 5) is 11.8. The number of hydrogen-bond donors (Lipinski definition) is 2. The zero-order valence-corrected chi connectivity index (χ0v) is 12.3. The molecule has 0 bridgehead atoms. The molecule has 21 heavy (non-hydrogen) atoms. The van der Waals surface area contributed by atoms with Crippen LogP contribution in [-0.2, 0) is 11.2 Å². The fraction of sp³-hybridized carbons (Fsp3) is 0.278. The average Bonchev–Trinajstić information content (AvgIpc) is 2.52. The first-order valence-electron chi connectivity index (χ1n) is 7.21. The lowest BCUT2D eigenvalue weighted by Gasteiger charge is -2.12. The summed E-state index contributed by atoms with van der Waals surface area (Å²) in [6, 6.07) is 17.4. The zero-order valence-electron chi connectivity index (χ0n) is 12.3. The molecule has 110 valence electrons. The van der Waals surface area contributed by atoms with Gasteiger partial charge in [0.15, 0.2) is 0 Å². The number of carbonyl (C=O) groups excluding carboxylic acids is 1. The minimum Gasteiger partial charge on any atom is -0.387 e. The number of carbonyl (C=O) groups is 1. The van der Waals surface area contributed by atoms with E-state index in [1.165, 1.54) is 11.1 Å². The van der Waals surface area contributed by atoms with Crippen molar-refractivity contribution in [2.24, 2.45) is 0 Å². The Labute approximate surface area is 125 Å². The summed E-state index contributed by atoms with van der Waals surface area (Å²) in [5.74, 6) is -0.0340. The molecular formula is C18H21NO2. The average molecular weight is 283 g/mol. The van der Waals surface area contributed by atoms with Crippen LogP contribution in [0.15, 0.2) is 54.6 Å². The van der Waals surface area contributed by atoms with Crippen molar-refractivity contribution in [3.63, 3.8) is 0 Å². The van der Waals surface area contributed by atoms with Crippen molar-refractivity contribution in [1.29, 1.82) is 0 Å². The van der Waals surface area contributed by atoms with Crippen molar-refractivity contribution >= 4 is 5.91 Å². The molecule has 1 unspecified atom stereocenters. The van der Waals surface area contributed by atoms with Gasteiger partial charge in [-0.1, -0.05) is 54.6 Å². The molecule has 0 fully saturated rings. The van der Waals surface area contributed by atoms with Crippen LogP contribution in [-0.4, -0.2) is 17.6 Å². The van der Waals surface area contributed by atoms with E-state index in [2.05, 4.69) is 5.32 Å². The van der Waals surface area contributed by atoms with Gasteiger partial charge in [0.2, 0.25) is 5.91 Å². The Morgan fingerprint density at radius 1 is 1.10 bits per heavy atom. The number of amides is 1. The van der Waals surface area contributed by atoms with E-state index >= 15 is 0 Å². The Kier molecular flexibility index (Phi) is 5.52. The molecule has 1 atom stereocenters. The maximum atomic E-state index is 11.8. The highest BCUT2D eigenvalue weighted by atomic mass is 16.3. The monoisotopic (exact) mass is 283 g/mol. The summed E-state index contributed by atoms with van der Waals surface area (Å²) in [6.45, 7) is 2.29. The van der Waals surface area contributed by atoms with E-state index in [1.54, 1.807) is 0 Å². The molecule has 2 rings (SSSR count). The van der Waals surface area contributed by atoms with Gasteiger partial charge in [-0.2, -0.15) is 0 Å². The van der Waals surface area contributed by atoms with Crippen LogP contribution in [0.5, 0.6) is 0 Å². The molecule has 0 aliphatic heterocycles. The van der Waals surface area contributed by atoms with Gasteiger partial charge in [0.1, 0.15) is 0 Å². The van der Waals surface area contributed by atoms with Gasteiger partial charge in [-0.3, -0.25) is 4.79 Å². The number of aliphatic hydroxyl groups is 1. The number of nitrogens with one attached hydrogen (secondary N) is 1. The van der Waals surface area contributed by atoms with Gasteiger partial charge in [0.05, 0.1) is 6.10 Å². The highest BCUT2D eigenvalue weighted by molar-refractivity contribution is 5.76. The van der Waals surface area contributed by atoms with E-state index in [-0.39, 0.29) is 12.5 Å². The highest BCUT2D eigenvalue weighted by Crippen LogP contribution is 2.11. The van der Waals surface area contributed by atoms with Crippen LogP contribution in [0.3, 0.4) is 0 Å². The minimum absolute atomic E-state index is 0.0340. The lowest BCUT2D eigenvalue weighted by Crippen LogP contribution is -2.28. The van der Waals surface area contributed by atoms with Gasteiger partial charge in [-0.05, 0) is 30.0 Å². The van der Waals surface area contributed by atoms with Crippen LogP contribution in [0.2, 0.25) is 0 Å². The van der Waals surface area contributed by atoms with Crippen molar-refractivity contribution in [2.45, 2.75) is 25.9 Å². The van der Waals surface area contributed by atoms with Crippen LogP contribution >= 0.6 is 0 Å². The smallest absolute Gasteiger partial charge is 0.220 e. The second kappa shape index (κ2) is 7.60. The van der Waals surface area contributed by atoms with Crippen molar-refractivity contribution in [3.05, 3.63) is 71.3 Å². The van der Waals surface area contributed by atoms with Crippen molar-refractivity contribution < 1.29 is 9.90 Å². The first kappa shape index (κ1) is 15.3. The molecule has 2 N–H and O–H groups in total. The van der Waals surface area contributed by atoms with Gasteiger partial charge >= 0.3 is 0 Å². The van der Waals surface area contributed by atoms with E-state index in [9.17, 15) is 9.90 Å². The molecule has 2 aromatic carbocycles. The van der Waals surface area contributed by atoms with Gasteiger partial charge in [-0.25, -0.2) is 0 Å². The van der Waals surface area contributed by atoms with Crippen molar-refractivity contribution in [1.82, 2.24) is 5.32 Å². The fourth-order valence-corrected chi connectivity index (χ4v) is 2.23. The molecule has 0 aliphatic carbocycles. The topological polar surface area (TPSA) is 49.3 Å². The quantitative estimate of drug-likeness (QED) is 0.856. The number of benzene rings is 2. The van der Waals surface area contributed by atoms with E-state index in [0.717, 1.165) is 12.0 Å². The van der Waals surface area contributed by atoms with E-state index in [1.807, 2.05) is 61.5 Å². The molecule has 0 aromatic heterocycles. The predicted octanol–water partition coefficient (Wildman–Crippen LogP) is 2.78. The van der Waals surface area contributed by atoms with Gasteiger partial charge in [0, 0.05) is 13.0 Å². The third kappa shape index (κ3) is 4.72. The summed E-state index contributed by atoms with van der Waals surface area (Å²) in [6.07, 6.45) is 0.500. The van der Waals surface area contributed by atoms with Crippen LogP contribution in [0, 0.1) is 6.92 Å². The van der Waals surface area contributed by atoms with Crippen LogP contribution in [0.25, 0.3) is 0 Å². The van der Waals surface area contributed by atoms with Crippen LogP contribution < -0.4 is 5.32 Å². The molecular weight excluding hydrogens is 262 g/mol. The second-order valence-electron chi connectivity index (χ2n) is 5.16. The standard InChI is InChI=1S/C18H21NO2/c1-14-7-5-6-8-15(14)11-12-18(21)19-13-17(20)16-9-3-2-4-10-16/h2-10,17,20H,11-13H2,1H3,(H,19,21). The fourth-order valence-electron chi connectivity index (χ4n) is 2.23. The van der Waals surface area contributed by atoms with Crippen LogP contribution in [0.4, 0.5) is 0 Å². The Hall–Kier alpha value is -2.13. The summed E-state index contributed by atoms with van der Waals surface area (Å²) < 4.78 is 0. The SMILES string of the molecule is Cc1ccccc1CCC(=O)NCC(O)c1ccccc1. The van der Waals surface area contributed by atoms with E-state index < -0.39 is 6.10 Å². The summed E-state index contributed by atoms with van der Waals surface area (Å²) in [5, 5.41) is 12.8. The lowest BCUT2D eigenvalue weighted by molar-refractivity contribution is -0.121. The normalized spacial score (nSPS) is 11.9. The Morgan fingerprint density at radius 2 is 1.76 bits per heavy atom. The van der Waals surface area contributed by atoms with Crippen LogP contribution in [0.1, 0.15) is 29.2 Å². The molecule has 0 aliphatic rings. The van der Waals surface area contributed by atoms with Gasteiger partial charge in [-0.15, -0.1) is 0 Å².